The summed E-state index contributed by atoms with van der Waals surface area (Å²) in [5.74, 6) is 0.802. The van der Waals surface area contributed by atoms with Gasteiger partial charge in [0.25, 0.3) is 5.91 Å². The van der Waals surface area contributed by atoms with Crippen LogP contribution in [-0.2, 0) is 4.79 Å². The van der Waals surface area contributed by atoms with Gasteiger partial charge < -0.3 is 9.73 Å². The van der Waals surface area contributed by atoms with Crippen LogP contribution in [0.15, 0.2) is 51.7 Å². The van der Waals surface area contributed by atoms with Crippen molar-refractivity contribution in [3.8, 4) is 0 Å². The largest absolute Gasteiger partial charge is 0.461 e. The van der Waals surface area contributed by atoms with Gasteiger partial charge in [-0.2, -0.15) is 0 Å². The van der Waals surface area contributed by atoms with Crippen LogP contribution < -0.4 is 5.32 Å². The van der Waals surface area contributed by atoms with Crippen LogP contribution in [0, 0.1) is 13.8 Å². The summed E-state index contributed by atoms with van der Waals surface area (Å²) in [6, 6.07) is 9.64. The van der Waals surface area contributed by atoms with Gasteiger partial charge in [0.05, 0.1) is 6.26 Å². The number of hydrogen-bond donors (Lipinski definition) is 1. The summed E-state index contributed by atoms with van der Waals surface area (Å²) in [6.07, 6.45) is 3.35. The Balaban J connectivity index is 1.99. The third-order valence-corrected chi connectivity index (χ3v) is 3.18. The van der Waals surface area contributed by atoms with E-state index in [1.54, 1.807) is 24.5 Å². The van der Waals surface area contributed by atoms with Crippen molar-refractivity contribution in [3.63, 3.8) is 0 Å². The van der Waals surface area contributed by atoms with Crippen LogP contribution in [0.2, 0.25) is 0 Å². The van der Waals surface area contributed by atoms with Crippen LogP contribution in [-0.4, -0.2) is 11.7 Å². The highest BCUT2D eigenvalue weighted by molar-refractivity contribution is 6.18. The maximum absolute atomic E-state index is 11.9. The van der Waals surface area contributed by atoms with Gasteiger partial charge in [0.1, 0.15) is 5.70 Å². The fourth-order valence-corrected chi connectivity index (χ4v) is 2.06. The van der Waals surface area contributed by atoms with Gasteiger partial charge in [-0.3, -0.25) is 4.79 Å². The van der Waals surface area contributed by atoms with Gasteiger partial charge in [-0.05, 0) is 43.2 Å². The molecular formula is C16H14N2O2. The maximum Gasteiger partial charge on any atom is 0.275 e. The Labute approximate surface area is 116 Å². The molecule has 0 saturated heterocycles. The monoisotopic (exact) mass is 266 g/mol. The lowest BCUT2D eigenvalue weighted by atomic mass is 10.0. The van der Waals surface area contributed by atoms with Gasteiger partial charge in [-0.15, -0.1) is 0 Å². The molecule has 0 saturated carbocycles. The van der Waals surface area contributed by atoms with Gasteiger partial charge >= 0.3 is 0 Å². The Morgan fingerprint density at radius 2 is 2.10 bits per heavy atom. The number of carbonyl (C=O) groups is 1. The van der Waals surface area contributed by atoms with Crippen molar-refractivity contribution in [2.75, 3.05) is 0 Å². The second kappa shape index (κ2) is 4.81. The minimum absolute atomic E-state index is 0.211. The summed E-state index contributed by atoms with van der Waals surface area (Å²) in [6.45, 7) is 4.03. The Morgan fingerprint density at radius 1 is 1.25 bits per heavy atom. The first-order valence-corrected chi connectivity index (χ1v) is 6.36. The molecule has 2 aromatic rings. The van der Waals surface area contributed by atoms with Crippen molar-refractivity contribution in [2.24, 2.45) is 4.99 Å². The molecule has 0 unspecified atom stereocenters. The summed E-state index contributed by atoms with van der Waals surface area (Å²) in [7, 11) is 0. The highest BCUT2D eigenvalue weighted by Crippen LogP contribution is 2.18. The van der Waals surface area contributed by atoms with E-state index in [2.05, 4.69) is 10.3 Å². The van der Waals surface area contributed by atoms with E-state index in [0.717, 1.165) is 16.7 Å². The molecule has 0 spiro atoms. The normalized spacial score (nSPS) is 16.4. The number of furan rings is 1. The van der Waals surface area contributed by atoms with Crippen molar-refractivity contribution >= 4 is 17.8 Å². The summed E-state index contributed by atoms with van der Waals surface area (Å²) in [5.41, 5.74) is 3.65. The van der Waals surface area contributed by atoms with Crippen LogP contribution in [0.4, 0.5) is 0 Å². The SMILES string of the molecule is Cc1ccc(C)c(/C=C2/N=C(c3ccco3)NC2=O)c1. The molecule has 4 nitrogen and oxygen atoms in total. The molecule has 1 aliphatic rings. The standard InChI is InChI=1S/C16H14N2O2/c1-10-5-6-11(2)12(8-10)9-13-16(19)18-15(17-13)14-4-3-7-20-14/h3-9H,1-2H3,(H,17,18,19)/b13-9+. The third-order valence-electron chi connectivity index (χ3n) is 3.18. The predicted octanol–water partition coefficient (Wildman–Crippen LogP) is 2.81. The van der Waals surface area contributed by atoms with Gasteiger partial charge in [-0.1, -0.05) is 23.8 Å². The molecule has 3 rings (SSSR count). The van der Waals surface area contributed by atoms with Gasteiger partial charge in [0.15, 0.2) is 11.6 Å². The highest BCUT2D eigenvalue weighted by atomic mass is 16.3. The van der Waals surface area contributed by atoms with Crippen molar-refractivity contribution in [2.45, 2.75) is 13.8 Å². The number of amidine groups is 1. The van der Waals surface area contributed by atoms with Crippen molar-refractivity contribution in [1.29, 1.82) is 0 Å². The predicted molar refractivity (Wildman–Crippen MR) is 77.3 cm³/mol. The van der Waals surface area contributed by atoms with E-state index in [1.807, 2.05) is 32.0 Å². The van der Waals surface area contributed by atoms with Crippen molar-refractivity contribution < 1.29 is 9.21 Å². The molecule has 0 radical (unpaired) electrons. The molecule has 4 heteroatoms. The molecule has 1 aromatic carbocycles. The van der Waals surface area contributed by atoms with E-state index in [0.29, 0.717) is 17.3 Å². The average molecular weight is 266 g/mol. The Kier molecular flexibility index (Phi) is 2.99. The zero-order valence-electron chi connectivity index (χ0n) is 11.3. The number of aryl methyl sites for hydroxylation is 2. The number of rotatable bonds is 2. The second-order valence-corrected chi connectivity index (χ2v) is 4.78. The zero-order valence-corrected chi connectivity index (χ0v) is 11.3. The molecule has 1 amide bonds. The quantitative estimate of drug-likeness (QED) is 0.850. The van der Waals surface area contributed by atoms with Crippen molar-refractivity contribution in [3.05, 3.63) is 64.7 Å². The first-order valence-electron chi connectivity index (χ1n) is 6.36. The van der Waals surface area contributed by atoms with Crippen LogP contribution in [0.5, 0.6) is 0 Å². The lowest BCUT2D eigenvalue weighted by molar-refractivity contribution is -0.115. The van der Waals surface area contributed by atoms with Crippen LogP contribution in [0.25, 0.3) is 6.08 Å². The fourth-order valence-electron chi connectivity index (χ4n) is 2.06. The van der Waals surface area contributed by atoms with E-state index in [9.17, 15) is 4.79 Å². The number of amides is 1. The number of nitrogens with zero attached hydrogens (tertiary/aromatic N) is 1. The lowest BCUT2D eigenvalue weighted by Crippen LogP contribution is -2.24. The summed E-state index contributed by atoms with van der Waals surface area (Å²) < 4.78 is 5.23. The van der Waals surface area contributed by atoms with E-state index < -0.39 is 0 Å². The Hall–Kier alpha value is -2.62. The van der Waals surface area contributed by atoms with E-state index >= 15 is 0 Å². The smallest absolute Gasteiger partial charge is 0.275 e. The van der Waals surface area contributed by atoms with E-state index in [4.69, 9.17) is 4.42 Å². The zero-order chi connectivity index (χ0) is 14.1. The summed E-state index contributed by atoms with van der Waals surface area (Å²) in [5, 5.41) is 2.71. The first kappa shape index (κ1) is 12.4. The maximum atomic E-state index is 11.9. The topological polar surface area (TPSA) is 54.6 Å². The lowest BCUT2D eigenvalue weighted by Gasteiger charge is -2.02. The minimum Gasteiger partial charge on any atom is -0.461 e. The fraction of sp³-hybridized carbons (Fsp3) is 0.125. The molecular weight excluding hydrogens is 252 g/mol. The molecule has 1 aromatic heterocycles. The summed E-state index contributed by atoms with van der Waals surface area (Å²) in [4.78, 5) is 16.2. The Morgan fingerprint density at radius 3 is 2.85 bits per heavy atom. The molecule has 2 heterocycles. The van der Waals surface area contributed by atoms with Crippen LogP contribution >= 0.6 is 0 Å². The molecule has 0 aliphatic carbocycles. The first-order chi connectivity index (χ1) is 9.63. The van der Waals surface area contributed by atoms with Crippen LogP contribution in [0.3, 0.4) is 0 Å². The van der Waals surface area contributed by atoms with Gasteiger partial charge in [-0.25, -0.2) is 4.99 Å². The summed E-state index contributed by atoms with van der Waals surface area (Å²) >= 11 is 0. The van der Waals surface area contributed by atoms with Gasteiger partial charge in [0.2, 0.25) is 0 Å². The minimum atomic E-state index is -0.211. The molecule has 0 fully saturated rings. The molecule has 20 heavy (non-hydrogen) atoms. The second-order valence-electron chi connectivity index (χ2n) is 4.78. The van der Waals surface area contributed by atoms with E-state index in [1.165, 1.54) is 0 Å². The molecule has 1 N–H and O–H groups in total. The number of aliphatic imine (C=N–C) groups is 1. The molecule has 0 bridgehead atoms. The van der Waals surface area contributed by atoms with E-state index in [-0.39, 0.29) is 5.91 Å². The van der Waals surface area contributed by atoms with Gasteiger partial charge in [0, 0.05) is 0 Å². The molecule has 100 valence electrons. The Bertz CT molecular complexity index is 725. The number of carbonyl (C=O) groups excluding carboxylic acids is 1. The highest BCUT2D eigenvalue weighted by Gasteiger charge is 2.22. The number of hydrogen-bond acceptors (Lipinski definition) is 3. The molecule has 1 aliphatic heterocycles. The molecule has 0 atom stereocenters. The number of nitrogens with one attached hydrogen (secondary N) is 1. The third kappa shape index (κ3) is 2.28. The van der Waals surface area contributed by atoms with Crippen molar-refractivity contribution in [1.82, 2.24) is 5.32 Å². The number of benzene rings is 1. The van der Waals surface area contributed by atoms with Crippen LogP contribution in [0.1, 0.15) is 22.5 Å². The average Bonchev–Trinajstić information content (AvgIpc) is 3.04.